The molecule has 1 aliphatic heterocycles. The van der Waals surface area contributed by atoms with Crippen molar-refractivity contribution < 1.29 is 4.79 Å². The molecule has 1 amide bonds. The Morgan fingerprint density at radius 3 is 2.83 bits per heavy atom. The van der Waals surface area contributed by atoms with Crippen molar-refractivity contribution >= 4 is 11.9 Å². The number of nitrogens with one attached hydrogen (secondary N) is 1. The average molecular weight is 328 g/mol. The minimum atomic E-state index is 0.116. The van der Waals surface area contributed by atoms with Crippen LogP contribution in [0.4, 0.5) is 5.95 Å². The van der Waals surface area contributed by atoms with E-state index in [9.17, 15) is 4.79 Å². The Morgan fingerprint density at radius 2 is 2.17 bits per heavy atom. The second-order valence-electron chi connectivity index (χ2n) is 6.51. The molecular weight excluding hydrogens is 304 g/mol. The first-order valence-electron chi connectivity index (χ1n) is 8.35. The zero-order chi connectivity index (χ0) is 17.3. The van der Waals surface area contributed by atoms with Gasteiger partial charge in [-0.15, -0.1) is 0 Å². The number of likely N-dealkylation sites (tertiary alicyclic amines) is 1. The summed E-state index contributed by atoms with van der Waals surface area (Å²) in [6.45, 7) is 9.35. The van der Waals surface area contributed by atoms with Crippen LogP contribution in [0.5, 0.6) is 0 Å². The van der Waals surface area contributed by atoms with E-state index in [0.717, 1.165) is 30.2 Å². The maximum Gasteiger partial charge on any atom is 0.223 e. The van der Waals surface area contributed by atoms with Crippen molar-refractivity contribution in [3.05, 3.63) is 24.3 Å². The molecule has 3 rings (SSSR count). The van der Waals surface area contributed by atoms with E-state index in [0.29, 0.717) is 18.5 Å². The molecule has 1 atom stereocenters. The molecule has 0 spiro atoms. The van der Waals surface area contributed by atoms with Gasteiger partial charge in [0.1, 0.15) is 5.82 Å². The fraction of sp³-hybridized carbons (Fsp3) is 0.529. The first kappa shape index (κ1) is 16.4. The summed E-state index contributed by atoms with van der Waals surface area (Å²) in [6.07, 6.45) is 4.53. The normalized spacial score (nSPS) is 17.5. The molecule has 0 saturated carbocycles. The van der Waals surface area contributed by atoms with Crippen molar-refractivity contribution in [3.63, 3.8) is 0 Å². The highest BCUT2D eigenvalue weighted by Gasteiger charge is 2.24. The van der Waals surface area contributed by atoms with Gasteiger partial charge in [0.2, 0.25) is 11.9 Å². The van der Waals surface area contributed by atoms with Crippen molar-refractivity contribution in [2.45, 2.75) is 46.2 Å². The van der Waals surface area contributed by atoms with E-state index >= 15 is 0 Å². The summed E-state index contributed by atoms with van der Waals surface area (Å²) in [5.74, 6) is 1.68. The molecular formula is C17H24N6O. The molecule has 1 aliphatic rings. The summed E-state index contributed by atoms with van der Waals surface area (Å²) in [6, 6.07) is 2.41. The molecule has 1 fully saturated rings. The van der Waals surface area contributed by atoms with Crippen LogP contribution in [0.2, 0.25) is 0 Å². The number of amides is 1. The van der Waals surface area contributed by atoms with E-state index in [-0.39, 0.29) is 11.9 Å². The van der Waals surface area contributed by atoms with E-state index in [1.54, 1.807) is 13.1 Å². The first-order chi connectivity index (χ1) is 11.5. The van der Waals surface area contributed by atoms with Crippen LogP contribution in [-0.2, 0) is 4.79 Å². The maximum absolute atomic E-state index is 11.4. The SMILES string of the molecule is CC(=O)N1CCC(Nc2nccc(-c3cnc(C)n3C(C)C)n2)C1. The lowest BCUT2D eigenvalue weighted by Gasteiger charge is -2.16. The Morgan fingerprint density at radius 1 is 1.38 bits per heavy atom. The smallest absolute Gasteiger partial charge is 0.223 e. The van der Waals surface area contributed by atoms with Crippen LogP contribution in [0.15, 0.2) is 18.5 Å². The van der Waals surface area contributed by atoms with E-state index in [1.165, 1.54) is 0 Å². The van der Waals surface area contributed by atoms with Crippen molar-refractivity contribution in [3.8, 4) is 11.4 Å². The number of rotatable bonds is 4. The summed E-state index contributed by atoms with van der Waals surface area (Å²) in [5, 5.41) is 3.35. The maximum atomic E-state index is 11.4. The van der Waals surface area contributed by atoms with Gasteiger partial charge in [-0.05, 0) is 33.3 Å². The lowest BCUT2D eigenvalue weighted by Crippen LogP contribution is -2.30. The Kier molecular flexibility index (Phi) is 4.51. The highest BCUT2D eigenvalue weighted by atomic mass is 16.2. The van der Waals surface area contributed by atoms with Gasteiger partial charge in [0, 0.05) is 38.3 Å². The largest absolute Gasteiger partial charge is 0.350 e. The number of aryl methyl sites for hydroxylation is 1. The van der Waals surface area contributed by atoms with Crippen molar-refractivity contribution in [1.82, 2.24) is 24.4 Å². The predicted octanol–water partition coefficient (Wildman–Crippen LogP) is 2.26. The number of carbonyl (C=O) groups is 1. The third kappa shape index (κ3) is 3.25. The summed E-state index contributed by atoms with van der Waals surface area (Å²) in [4.78, 5) is 26.7. The van der Waals surface area contributed by atoms with Gasteiger partial charge in [-0.2, -0.15) is 0 Å². The number of hydrogen-bond acceptors (Lipinski definition) is 5. The third-order valence-corrected chi connectivity index (χ3v) is 4.38. The van der Waals surface area contributed by atoms with Gasteiger partial charge in [0.15, 0.2) is 0 Å². The molecule has 0 bridgehead atoms. The molecule has 0 aliphatic carbocycles. The van der Waals surface area contributed by atoms with Crippen molar-refractivity contribution in [2.75, 3.05) is 18.4 Å². The van der Waals surface area contributed by atoms with Gasteiger partial charge in [0.25, 0.3) is 0 Å². The van der Waals surface area contributed by atoms with Gasteiger partial charge in [-0.3, -0.25) is 4.79 Å². The van der Waals surface area contributed by atoms with Crippen LogP contribution >= 0.6 is 0 Å². The molecule has 1 unspecified atom stereocenters. The molecule has 128 valence electrons. The van der Waals surface area contributed by atoms with Gasteiger partial charge >= 0.3 is 0 Å². The van der Waals surface area contributed by atoms with E-state index in [1.807, 2.05) is 24.1 Å². The summed E-state index contributed by atoms with van der Waals surface area (Å²) < 4.78 is 2.17. The second-order valence-corrected chi connectivity index (χ2v) is 6.51. The monoisotopic (exact) mass is 328 g/mol. The number of nitrogens with zero attached hydrogens (tertiary/aromatic N) is 5. The van der Waals surface area contributed by atoms with Crippen LogP contribution < -0.4 is 5.32 Å². The molecule has 24 heavy (non-hydrogen) atoms. The van der Waals surface area contributed by atoms with Crippen LogP contribution in [-0.4, -0.2) is 49.5 Å². The van der Waals surface area contributed by atoms with Gasteiger partial charge < -0.3 is 14.8 Å². The second kappa shape index (κ2) is 6.59. The van der Waals surface area contributed by atoms with Gasteiger partial charge in [-0.1, -0.05) is 0 Å². The molecule has 2 aromatic rings. The van der Waals surface area contributed by atoms with Crippen LogP contribution in [0.3, 0.4) is 0 Å². The number of aromatic nitrogens is 4. The highest BCUT2D eigenvalue weighted by Crippen LogP contribution is 2.23. The fourth-order valence-electron chi connectivity index (χ4n) is 3.21. The molecule has 0 aromatic carbocycles. The zero-order valence-corrected chi connectivity index (χ0v) is 14.7. The molecule has 0 radical (unpaired) electrons. The van der Waals surface area contributed by atoms with Gasteiger partial charge in [0.05, 0.1) is 17.6 Å². The standard InChI is InChI=1S/C17H24N6O/c1-11(2)23-12(3)19-9-16(23)15-5-7-18-17(21-15)20-14-6-8-22(10-14)13(4)24/h5,7,9,11,14H,6,8,10H2,1-4H3,(H,18,20,21). The number of carbonyl (C=O) groups excluding carboxylic acids is 1. The lowest BCUT2D eigenvalue weighted by molar-refractivity contribution is -0.127. The van der Waals surface area contributed by atoms with E-state index < -0.39 is 0 Å². The molecule has 7 nitrogen and oxygen atoms in total. The van der Waals surface area contributed by atoms with Crippen LogP contribution in [0, 0.1) is 6.92 Å². The topological polar surface area (TPSA) is 75.9 Å². The number of anilines is 1. The Hall–Kier alpha value is -2.44. The first-order valence-corrected chi connectivity index (χ1v) is 8.35. The summed E-state index contributed by atoms with van der Waals surface area (Å²) in [5.41, 5.74) is 1.84. The molecule has 3 heterocycles. The zero-order valence-electron chi connectivity index (χ0n) is 14.7. The van der Waals surface area contributed by atoms with Crippen LogP contribution in [0.1, 0.15) is 39.1 Å². The van der Waals surface area contributed by atoms with Crippen LogP contribution in [0.25, 0.3) is 11.4 Å². The van der Waals surface area contributed by atoms with Crippen molar-refractivity contribution in [2.24, 2.45) is 0 Å². The van der Waals surface area contributed by atoms with Gasteiger partial charge in [-0.25, -0.2) is 15.0 Å². The quantitative estimate of drug-likeness (QED) is 0.932. The molecule has 2 aromatic heterocycles. The summed E-state index contributed by atoms with van der Waals surface area (Å²) >= 11 is 0. The predicted molar refractivity (Wildman–Crippen MR) is 92.7 cm³/mol. The Balaban J connectivity index is 1.79. The highest BCUT2D eigenvalue weighted by molar-refractivity contribution is 5.73. The van der Waals surface area contributed by atoms with Crippen molar-refractivity contribution in [1.29, 1.82) is 0 Å². The minimum Gasteiger partial charge on any atom is -0.350 e. The fourth-order valence-corrected chi connectivity index (χ4v) is 3.21. The number of imidazole rings is 1. The average Bonchev–Trinajstić information content (AvgIpc) is 3.14. The molecule has 7 heteroatoms. The lowest BCUT2D eigenvalue weighted by atomic mass is 10.2. The minimum absolute atomic E-state index is 0.116. The number of hydrogen-bond donors (Lipinski definition) is 1. The Labute approximate surface area is 142 Å². The van der Waals surface area contributed by atoms with E-state index in [2.05, 4.69) is 38.7 Å². The van der Waals surface area contributed by atoms with E-state index in [4.69, 9.17) is 0 Å². The Bertz CT molecular complexity index is 738. The molecule has 1 saturated heterocycles. The third-order valence-electron chi connectivity index (χ3n) is 4.38. The molecule has 1 N–H and O–H groups in total. The summed E-state index contributed by atoms with van der Waals surface area (Å²) in [7, 11) is 0.